The molecule has 0 aliphatic rings. The predicted octanol–water partition coefficient (Wildman–Crippen LogP) is 4.69. The lowest BCUT2D eigenvalue weighted by Crippen LogP contribution is -2.48. The molecule has 0 heterocycles. The molecule has 0 aliphatic carbocycles. The van der Waals surface area contributed by atoms with Crippen molar-refractivity contribution in [2.45, 2.75) is 38.3 Å². The second-order valence-electron chi connectivity index (χ2n) is 7.14. The number of alkyl halides is 6. The van der Waals surface area contributed by atoms with Crippen molar-refractivity contribution in [2.24, 2.45) is 0 Å². The Hall–Kier alpha value is -2.95. The summed E-state index contributed by atoms with van der Waals surface area (Å²) in [4.78, 5) is 11.5. The number of anilines is 1. The summed E-state index contributed by atoms with van der Waals surface area (Å²) in [6.45, 7) is 2.97. The Kier molecular flexibility index (Phi) is 7.66. The number of rotatable bonds is 7. The standard InChI is InChI=1S/C21H23F6N3O2/c1-3-28-18(31)29-11-14-7-8-17(9-13(14)2)30-12-19(32,21(25,26)27)15-5-4-6-16(10-15)20(22,23)24/h4-10,30,32H,3,11-12H2,1-2H3,(H2,28,29,31)/t19-/m1/s1. The number of nitrogens with one attached hydrogen (secondary N) is 3. The molecule has 0 saturated heterocycles. The van der Waals surface area contributed by atoms with Gasteiger partial charge in [0.05, 0.1) is 12.1 Å². The molecule has 2 aromatic rings. The molecule has 4 N–H and O–H groups in total. The molecule has 0 bridgehead atoms. The normalized spacial score (nSPS) is 13.9. The van der Waals surface area contributed by atoms with E-state index in [-0.39, 0.29) is 24.3 Å². The Morgan fingerprint density at radius 3 is 2.19 bits per heavy atom. The van der Waals surface area contributed by atoms with Gasteiger partial charge in [0.15, 0.2) is 0 Å². The van der Waals surface area contributed by atoms with Crippen LogP contribution in [0.15, 0.2) is 42.5 Å². The number of amides is 2. The highest BCUT2D eigenvalue weighted by Gasteiger charge is 2.55. The van der Waals surface area contributed by atoms with Gasteiger partial charge in [0.2, 0.25) is 5.60 Å². The number of aliphatic hydroxyl groups is 1. The Morgan fingerprint density at radius 2 is 1.62 bits per heavy atom. The average molecular weight is 463 g/mol. The third kappa shape index (κ3) is 6.06. The summed E-state index contributed by atoms with van der Waals surface area (Å²) in [5, 5.41) is 18.0. The first-order chi connectivity index (χ1) is 14.8. The van der Waals surface area contributed by atoms with E-state index in [0.29, 0.717) is 23.7 Å². The number of benzene rings is 2. The smallest absolute Gasteiger partial charge is 0.381 e. The molecule has 0 aromatic heterocycles. The molecule has 0 spiro atoms. The first-order valence-corrected chi connectivity index (χ1v) is 9.60. The summed E-state index contributed by atoms with van der Waals surface area (Å²) in [7, 11) is 0. The average Bonchev–Trinajstić information content (AvgIpc) is 2.70. The summed E-state index contributed by atoms with van der Waals surface area (Å²) in [6.07, 6.45) is -10.1. The molecule has 2 rings (SSSR count). The van der Waals surface area contributed by atoms with Crippen molar-refractivity contribution in [1.82, 2.24) is 10.6 Å². The van der Waals surface area contributed by atoms with Gasteiger partial charge >= 0.3 is 18.4 Å². The Labute approximate surface area is 180 Å². The van der Waals surface area contributed by atoms with Crippen molar-refractivity contribution in [3.8, 4) is 0 Å². The molecular weight excluding hydrogens is 440 g/mol. The van der Waals surface area contributed by atoms with Crippen molar-refractivity contribution in [2.75, 3.05) is 18.4 Å². The van der Waals surface area contributed by atoms with Crippen LogP contribution >= 0.6 is 0 Å². The summed E-state index contributed by atoms with van der Waals surface area (Å²) in [5.41, 5.74) is -4.18. The zero-order chi connectivity index (χ0) is 24.2. The Balaban J connectivity index is 2.21. The summed E-state index contributed by atoms with van der Waals surface area (Å²) < 4.78 is 79.9. The highest BCUT2D eigenvalue weighted by atomic mass is 19.4. The molecule has 0 saturated carbocycles. The van der Waals surface area contributed by atoms with Crippen LogP contribution in [0.1, 0.15) is 29.2 Å². The number of carbonyl (C=O) groups excluding carboxylic acids is 1. The van der Waals surface area contributed by atoms with Crippen LogP contribution < -0.4 is 16.0 Å². The van der Waals surface area contributed by atoms with E-state index >= 15 is 0 Å². The lowest BCUT2D eigenvalue weighted by molar-refractivity contribution is -0.260. The summed E-state index contributed by atoms with van der Waals surface area (Å²) in [5.74, 6) is 0. The van der Waals surface area contributed by atoms with E-state index in [0.717, 1.165) is 12.1 Å². The quantitative estimate of drug-likeness (QED) is 0.450. The number of hydrogen-bond acceptors (Lipinski definition) is 3. The predicted molar refractivity (Wildman–Crippen MR) is 107 cm³/mol. The number of halogens is 6. The number of aryl methyl sites for hydroxylation is 1. The molecule has 0 fully saturated rings. The number of urea groups is 1. The molecule has 2 aromatic carbocycles. The fourth-order valence-corrected chi connectivity index (χ4v) is 2.95. The maximum atomic E-state index is 13.7. The van der Waals surface area contributed by atoms with E-state index in [1.807, 2.05) is 0 Å². The zero-order valence-electron chi connectivity index (χ0n) is 17.3. The van der Waals surface area contributed by atoms with Gasteiger partial charge < -0.3 is 21.1 Å². The highest BCUT2D eigenvalue weighted by Crippen LogP contribution is 2.41. The largest absolute Gasteiger partial charge is 0.423 e. The fraction of sp³-hybridized carbons (Fsp3) is 0.381. The minimum Gasteiger partial charge on any atom is -0.381 e. The van der Waals surface area contributed by atoms with Crippen LogP contribution in [0.25, 0.3) is 0 Å². The first kappa shape index (κ1) is 25.3. The van der Waals surface area contributed by atoms with Gasteiger partial charge in [-0.15, -0.1) is 0 Å². The SMILES string of the molecule is CCNC(=O)NCc1ccc(NC[C@@](O)(c2cccc(C(F)(F)F)c2)C(F)(F)F)cc1C. The van der Waals surface area contributed by atoms with Crippen molar-refractivity contribution in [1.29, 1.82) is 0 Å². The topological polar surface area (TPSA) is 73.4 Å². The van der Waals surface area contributed by atoms with E-state index in [4.69, 9.17) is 0 Å². The molecule has 0 unspecified atom stereocenters. The van der Waals surface area contributed by atoms with Gasteiger partial charge in [0, 0.05) is 18.8 Å². The van der Waals surface area contributed by atoms with Gasteiger partial charge in [-0.25, -0.2) is 4.79 Å². The molecule has 0 aliphatic heterocycles. The van der Waals surface area contributed by atoms with Crippen molar-refractivity contribution in [3.63, 3.8) is 0 Å². The van der Waals surface area contributed by atoms with Gasteiger partial charge in [0.1, 0.15) is 0 Å². The van der Waals surface area contributed by atoms with Gasteiger partial charge in [-0.2, -0.15) is 26.3 Å². The van der Waals surface area contributed by atoms with Crippen molar-refractivity contribution >= 4 is 11.7 Å². The maximum absolute atomic E-state index is 13.7. The lowest BCUT2D eigenvalue weighted by atomic mass is 9.91. The van der Waals surface area contributed by atoms with Crippen LogP contribution in [0.5, 0.6) is 0 Å². The lowest BCUT2D eigenvalue weighted by Gasteiger charge is -2.32. The van der Waals surface area contributed by atoms with Gasteiger partial charge in [0.25, 0.3) is 0 Å². The first-order valence-electron chi connectivity index (χ1n) is 9.60. The Bertz CT molecular complexity index is 946. The molecule has 1 atom stereocenters. The van der Waals surface area contributed by atoms with Crippen LogP contribution in [-0.2, 0) is 18.3 Å². The van der Waals surface area contributed by atoms with Crippen LogP contribution in [0.2, 0.25) is 0 Å². The second kappa shape index (κ2) is 9.68. The van der Waals surface area contributed by atoms with Gasteiger partial charge in [-0.1, -0.05) is 18.2 Å². The van der Waals surface area contributed by atoms with Crippen LogP contribution in [0.4, 0.5) is 36.8 Å². The molecule has 2 amide bonds. The monoisotopic (exact) mass is 463 g/mol. The molecular formula is C21H23F6N3O2. The minimum atomic E-state index is -5.24. The molecule has 5 nitrogen and oxygen atoms in total. The van der Waals surface area contributed by atoms with E-state index in [1.165, 1.54) is 12.1 Å². The Morgan fingerprint density at radius 1 is 0.969 bits per heavy atom. The van der Waals surface area contributed by atoms with Gasteiger partial charge in [-0.3, -0.25) is 0 Å². The third-order valence-electron chi connectivity index (χ3n) is 4.80. The highest BCUT2D eigenvalue weighted by molar-refractivity contribution is 5.73. The van der Waals surface area contributed by atoms with Gasteiger partial charge in [-0.05, 0) is 54.8 Å². The molecule has 32 heavy (non-hydrogen) atoms. The van der Waals surface area contributed by atoms with E-state index in [2.05, 4.69) is 16.0 Å². The summed E-state index contributed by atoms with van der Waals surface area (Å²) in [6, 6.07) is 6.71. The van der Waals surface area contributed by atoms with Crippen molar-refractivity contribution < 1.29 is 36.2 Å². The van der Waals surface area contributed by atoms with E-state index in [1.54, 1.807) is 19.9 Å². The molecule has 11 heteroatoms. The van der Waals surface area contributed by atoms with E-state index in [9.17, 15) is 36.2 Å². The zero-order valence-corrected chi connectivity index (χ0v) is 17.3. The van der Waals surface area contributed by atoms with Crippen LogP contribution in [0, 0.1) is 6.92 Å². The van der Waals surface area contributed by atoms with Crippen LogP contribution in [0.3, 0.4) is 0 Å². The minimum absolute atomic E-state index is 0.189. The van der Waals surface area contributed by atoms with E-state index < -0.39 is 35.6 Å². The summed E-state index contributed by atoms with van der Waals surface area (Å²) >= 11 is 0. The van der Waals surface area contributed by atoms with Crippen molar-refractivity contribution in [3.05, 3.63) is 64.7 Å². The third-order valence-corrected chi connectivity index (χ3v) is 4.80. The number of hydrogen-bond donors (Lipinski definition) is 4. The molecule has 0 radical (unpaired) electrons. The maximum Gasteiger partial charge on any atom is 0.423 e. The van der Waals surface area contributed by atoms with Crippen LogP contribution in [-0.4, -0.2) is 30.4 Å². The molecule has 176 valence electrons. The fourth-order valence-electron chi connectivity index (χ4n) is 2.95. The number of carbonyl (C=O) groups is 1. The second-order valence-corrected chi connectivity index (χ2v) is 7.14.